The van der Waals surface area contributed by atoms with Crippen LogP contribution in [-0.2, 0) is 6.54 Å². The van der Waals surface area contributed by atoms with Gasteiger partial charge in [-0.3, -0.25) is 9.36 Å². The van der Waals surface area contributed by atoms with Gasteiger partial charge in [-0.05, 0) is 37.5 Å². The minimum absolute atomic E-state index is 0.0146. The Morgan fingerprint density at radius 2 is 1.53 bits per heavy atom. The summed E-state index contributed by atoms with van der Waals surface area (Å²) >= 11 is 0. The summed E-state index contributed by atoms with van der Waals surface area (Å²) in [5, 5.41) is 0.588. The van der Waals surface area contributed by atoms with E-state index in [9.17, 15) is 4.79 Å². The largest absolute Gasteiger partial charge is 0.304 e. The highest BCUT2D eigenvalue weighted by Crippen LogP contribution is 2.30. The van der Waals surface area contributed by atoms with E-state index in [0.29, 0.717) is 28.7 Å². The normalized spacial score (nSPS) is 15.2. The molecular weight excluding hydrogens is 398 g/mol. The number of fused-ring (bicyclic) bond motifs is 4. The number of para-hydroxylation sites is 2. The lowest BCUT2D eigenvalue weighted by Crippen LogP contribution is -2.29. The summed E-state index contributed by atoms with van der Waals surface area (Å²) in [4.78, 5) is 28.7. The maximum absolute atomic E-state index is 13.9. The second-order valence-corrected chi connectivity index (χ2v) is 8.78. The number of aromatic nitrogens is 5. The second kappa shape index (κ2) is 7.55. The molecule has 6 rings (SSSR count). The molecule has 32 heavy (non-hydrogen) atoms. The number of benzene rings is 2. The van der Waals surface area contributed by atoms with Crippen LogP contribution in [0.3, 0.4) is 0 Å². The van der Waals surface area contributed by atoms with Gasteiger partial charge in [-0.2, -0.15) is 0 Å². The molecular formula is C26H25N5O. The standard InChI is InChI=1S/C26H25N5O/c1-17-27-24-22(26(32)31(17)19-12-6-3-7-13-19)23-25(29-21-15-9-8-14-20(21)28-23)30(24)16-18-10-4-2-5-11-18/h2,4-5,8-11,14-15,19H,3,6-7,12-13,16H2,1H3. The van der Waals surface area contributed by atoms with Gasteiger partial charge in [-0.1, -0.05) is 61.7 Å². The van der Waals surface area contributed by atoms with Crippen molar-refractivity contribution in [3.8, 4) is 0 Å². The summed E-state index contributed by atoms with van der Waals surface area (Å²) in [6.07, 6.45) is 5.63. The highest BCUT2D eigenvalue weighted by Gasteiger charge is 2.25. The van der Waals surface area contributed by atoms with Crippen LogP contribution in [0.25, 0.3) is 33.2 Å². The van der Waals surface area contributed by atoms with Crippen molar-refractivity contribution < 1.29 is 0 Å². The molecule has 6 heteroatoms. The van der Waals surface area contributed by atoms with Gasteiger partial charge in [-0.25, -0.2) is 15.0 Å². The SMILES string of the molecule is Cc1nc2c(c(=O)n1C1CCCCC1)c1nc3ccccc3nc1n2Cc1ccccc1. The second-order valence-electron chi connectivity index (χ2n) is 8.78. The van der Waals surface area contributed by atoms with Crippen LogP contribution < -0.4 is 5.56 Å². The third-order valence-electron chi connectivity index (χ3n) is 6.70. The molecule has 3 aromatic heterocycles. The fraction of sp³-hybridized carbons (Fsp3) is 0.308. The average Bonchev–Trinajstić information content (AvgIpc) is 3.11. The van der Waals surface area contributed by atoms with Gasteiger partial charge < -0.3 is 4.57 Å². The quantitative estimate of drug-likeness (QED) is 0.402. The Labute approximate surface area is 185 Å². The van der Waals surface area contributed by atoms with Crippen LogP contribution >= 0.6 is 0 Å². The van der Waals surface area contributed by atoms with Gasteiger partial charge in [0.25, 0.3) is 5.56 Å². The Balaban J connectivity index is 1.69. The summed E-state index contributed by atoms with van der Waals surface area (Å²) in [7, 11) is 0. The van der Waals surface area contributed by atoms with Crippen molar-refractivity contribution in [1.82, 2.24) is 24.1 Å². The first-order valence-corrected chi connectivity index (χ1v) is 11.4. The third-order valence-corrected chi connectivity index (χ3v) is 6.70. The summed E-state index contributed by atoms with van der Waals surface area (Å²) in [6, 6.07) is 18.3. The van der Waals surface area contributed by atoms with E-state index in [4.69, 9.17) is 15.0 Å². The van der Waals surface area contributed by atoms with E-state index in [0.717, 1.165) is 48.1 Å². The molecule has 2 aromatic carbocycles. The van der Waals surface area contributed by atoms with Gasteiger partial charge in [0.15, 0.2) is 11.3 Å². The van der Waals surface area contributed by atoms with Crippen LogP contribution in [0.4, 0.5) is 0 Å². The Bertz CT molecular complexity index is 1510. The van der Waals surface area contributed by atoms with Crippen molar-refractivity contribution in [3.05, 3.63) is 76.3 Å². The number of hydrogen-bond acceptors (Lipinski definition) is 4. The van der Waals surface area contributed by atoms with E-state index in [1.54, 1.807) is 0 Å². The molecule has 3 heterocycles. The molecule has 0 bridgehead atoms. The maximum Gasteiger partial charge on any atom is 0.265 e. The van der Waals surface area contributed by atoms with Gasteiger partial charge in [0.2, 0.25) is 0 Å². The van der Waals surface area contributed by atoms with Crippen LogP contribution in [0, 0.1) is 6.92 Å². The van der Waals surface area contributed by atoms with Crippen molar-refractivity contribution in [2.75, 3.05) is 0 Å². The van der Waals surface area contributed by atoms with Crippen molar-refractivity contribution in [1.29, 1.82) is 0 Å². The molecule has 0 unspecified atom stereocenters. The molecule has 5 aromatic rings. The highest BCUT2D eigenvalue weighted by atomic mass is 16.1. The molecule has 0 spiro atoms. The first kappa shape index (κ1) is 19.2. The predicted octanol–water partition coefficient (Wildman–Crippen LogP) is 5.16. The van der Waals surface area contributed by atoms with E-state index < -0.39 is 0 Å². The molecule has 160 valence electrons. The first-order valence-electron chi connectivity index (χ1n) is 11.4. The van der Waals surface area contributed by atoms with Crippen LogP contribution in [0.1, 0.15) is 49.5 Å². The fourth-order valence-corrected chi connectivity index (χ4v) is 5.16. The number of aryl methyl sites for hydroxylation is 1. The predicted molar refractivity (Wildman–Crippen MR) is 127 cm³/mol. The lowest BCUT2D eigenvalue weighted by atomic mass is 9.95. The van der Waals surface area contributed by atoms with E-state index in [1.165, 1.54) is 6.42 Å². The third kappa shape index (κ3) is 3.01. The zero-order chi connectivity index (χ0) is 21.7. The molecule has 0 amide bonds. The summed E-state index contributed by atoms with van der Waals surface area (Å²) in [5.74, 6) is 0.774. The molecule has 1 saturated carbocycles. The van der Waals surface area contributed by atoms with E-state index >= 15 is 0 Å². The molecule has 0 N–H and O–H groups in total. The molecule has 1 aliphatic carbocycles. The lowest BCUT2D eigenvalue weighted by molar-refractivity contribution is 0.339. The zero-order valence-electron chi connectivity index (χ0n) is 18.2. The number of rotatable bonds is 3. The van der Waals surface area contributed by atoms with E-state index in [2.05, 4.69) is 16.7 Å². The minimum atomic E-state index is 0.0146. The molecule has 0 atom stereocenters. The van der Waals surface area contributed by atoms with Gasteiger partial charge >= 0.3 is 0 Å². The van der Waals surface area contributed by atoms with Gasteiger partial charge in [0, 0.05) is 6.04 Å². The van der Waals surface area contributed by atoms with Gasteiger partial charge in [-0.15, -0.1) is 0 Å². The van der Waals surface area contributed by atoms with Crippen LogP contribution in [-0.4, -0.2) is 24.1 Å². The lowest BCUT2D eigenvalue weighted by Gasteiger charge is -2.25. The minimum Gasteiger partial charge on any atom is -0.304 e. The maximum atomic E-state index is 13.9. The highest BCUT2D eigenvalue weighted by molar-refractivity contribution is 6.04. The Morgan fingerprint density at radius 1 is 0.844 bits per heavy atom. The molecule has 6 nitrogen and oxygen atoms in total. The molecule has 0 saturated heterocycles. The van der Waals surface area contributed by atoms with Crippen LogP contribution in [0.5, 0.6) is 0 Å². The summed E-state index contributed by atoms with van der Waals surface area (Å²) in [5.41, 5.74) is 4.81. The van der Waals surface area contributed by atoms with Gasteiger partial charge in [0.05, 0.1) is 17.6 Å². The topological polar surface area (TPSA) is 65.6 Å². The van der Waals surface area contributed by atoms with Crippen molar-refractivity contribution in [2.24, 2.45) is 0 Å². The fourth-order valence-electron chi connectivity index (χ4n) is 5.16. The molecule has 0 aliphatic heterocycles. The van der Waals surface area contributed by atoms with Crippen molar-refractivity contribution in [2.45, 2.75) is 51.6 Å². The Kier molecular flexibility index (Phi) is 4.52. The number of hydrogen-bond donors (Lipinski definition) is 0. The van der Waals surface area contributed by atoms with Crippen molar-refractivity contribution in [3.63, 3.8) is 0 Å². The monoisotopic (exact) mass is 423 g/mol. The van der Waals surface area contributed by atoms with E-state index in [1.807, 2.05) is 54.0 Å². The van der Waals surface area contributed by atoms with Crippen LogP contribution in [0.2, 0.25) is 0 Å². The summed E-state index contributed by atoms with van der Waals surface area (Å²) < 4.78 is 3.98. The molecule has 1 aliphatic rings. The van der Waals surface area contributed by atoms with Crippen LogP contribution in [0.15, 0.2) is 59.4 Å². The molecule has 1 fully saturated rings. The van der Waals surface area contributed by atoms with E-state index in [-0.39, 0.29) is 11.6 Å². The van der Waals surface area contributed by atoms with Crippen molar-refractivity contribution >= 4 is 33.2 Å². The molecule has 0 radical (unpaired) electrons. The Morgan fingerprint density at radius 3 is 2.28 bits per heavy atom. The first-order chi connectivity index (χ1) is 15.7. The number of nitrogens with zero attached hydrogens (tertiary/aromatic N) is 5. The smallest absolute Gasteiger partial charge is 0.265 e. The zero-order valence-corrected chi connectivity index (χ0v) is 18.2. The summed E-state index contributed by atoms with van der Waals surface area (Å²) in [6.45, 7) is 2.55. The van der Waals surface area contributed by atoms with Gasteiger partial charge in [0.1, 0.15) is 16.7 Å². The average molecular weight is 424 g/mol. The Hall–Kier alpha value is -3.54.